The first-order chi connectivity index (χ1) is 13.9. The molecular weight excluding hydrogens is 376 g/mol. The Morgan fingerprint density at radius 2 is 1.55 bits per heavy atom. The Morgan fingerprint density at radius 3 is 2.07 bits per heavy atom. The number of hydrogen-bond donors (Lipinski definition) is 0. The summed E-state index contributed by atoms with van der Waals surface area (Å²) in [5.74, 6) is -0.925. The molecule has 2 aliphatic rings. The number of aryl methyl sites for hydroxylation is 1. The highest BCUT2D eigenvalue weighted by atomic mass is 16.5. The summed E-state index contributed by atoms with van der Waals surface area (Å²) in [6.07, 6.45) is 0. The molecule has 2 aliphatic heterocycles. The van der Waals surface area contributed by atoms with Crippen LogP contribution in [0.5, 0.6) is 0 Å². The fourth-order valence-electron chi connectivity index (χ4n) is 3.69. The molecule has 0 spiro atoms. The fourth-order valence-corrected chi connectivity index (χ4v) is 3.69. The largest absolute Gasteiger partial charge is 0.361 e. The standard InChI is InChI=1S/C20H20N4O5/c1-12-11-16(21-29-12)20(28)23-9-7-22(8-10-23)17(25)13(2)24-18(26)14-5-3-4-6-15(14)19(24)27/h3-6,11,13H,7-10H2,1-2H3. The van der Waals surface area contributed by atoms with Gasteiger partial charge in [0.05, 0.1) is 11.1 Å². The third kappa shape index (κ3) is 3.18. The van der Waals surface area contributed by atoms with Gasteiger partial charge in [-0.2, -0.15) is 0 Å². The number of nitrogens with zero attached hydrogens (tertiary/aromatic N) is 4. The first kappa shape index (κ1) is 18.9. The van der Waals surface area contributed by atoms with E-state index < -0.39 is 17.9 Å². The van der Waals surface area contributed by atoms with E-state index in [1.165, 1.54) is 0 Å². The average Bonchev–Trinajstić information content (AvgIpc) is 3.28. The lowest BCUT2D eigenvalue weighted by Gasteiger charge is -2.36. The fraction of sp³-hybridized carbons (Fsp3) is 0.350. The zero-order valence-electron chi connectivity index (χ0n) is 16.1. The van der Waals surface area contributed by atoms with Crippen molar-refractivity contribution in [3.05, 3.63) is 52.9 Å². The molecule has 150 valence electrons. The lowest BCUT2D eigenvalue weighted by atomic mass is 10.1. The van der Waals surface area contributed by atoms with Crippen LogP contribution >= 0.6 is 0 Å². The van der Waals surface area contributed by atoms with Crippen molar-refractivity contribution in [2.24, 2.45) is 0 Å². The lowest BCUT2D eigenvalue weighted by Crippen LogP contribution is -2.56. The van der Waals surface area contributed by atoms with Crippen LogP contribution in [-0.4, -0.2) is 75.7 Å². The van der Waals surface area contributed by atoms with Crippen molar-refractivity contribution in [2.75, 3.05) is 26.2 Å². The highest BCUT2D eigenvalue weighted by Crippen LogP contribution is 2.25. The SMILES string of the molecule is Cc1cc(C(=O)N2CCN(C(=O)C(C)N3C(=O)c4ccccc4C3=O)CC2)no1. The number of benzene rings is 1. The molecule has 0 aliphatic carbocycles. The maximum absolute atomic E-state index is 12.9. The minimum atomic E-state index is -0.914. The van der Waals surface area contributed by atoms with Crippen LogP contribution in [0.3, 0.4) is 0 Å². The number of piperazine rings is 1. The number of rotatable bonds is 3. The van der Waals surface area contributed by atoms with E-state index in [1.54, 1.807) is 54.0 Å². The van der Waals surface area contributed by atoms with Crippen molar-refractivity contribution in [1.82, 2.24) is 19.9 Å². The second-order valence-corrected chi connectivity index (χ2v) is 7.14. The normalized spacial score (nSPS) is 17.5. The van der Waals surface area contributed by atoms with Gasteiger partial charge < -0.3 is 14.3 Å². The molecule has 0 saturated carbocycles. The van der Waals surface area contributed by atoms with E-state index in [2.05, 4.69) is 5.16 Å². The number of carbonyl (C=O) groups excluding carboxylic acids is 4. The maximum atomic E-state index is 12.9. The van der Waals surface area contributed by atoms with Crippen molar-refractivity contribution in [3.63, 3.8) is 0 Å². The van der Waals surface area contributed by atoms with Crippen LogP contribution in [0.15, 0.2) is 34.9 Å². The van der Waals surface area contributed by atoms with E-state index in [4.69, 9.17) is 4.52 Å². The van der Waals surface area contributed by atoms with Crippen molar-refractivity contribution < 1.29 is 23.7 Å². The van der Waals surface area contributed by atoms with Gasteiger partial charge in [0.15, 0.2) is 5.69 Å². The molecule has 1 aromatic carbocycles. The first-order valence-corrected chi connectivity index (χ1v) is 9.37. The van der Waals surface area contributed by atoms with Crippen LogP contribution < -0.4 is 0 Å². The minimum Gasteiger partial charge on any atom is -0.361 e. The van der Waals surface area contributed by atoms with Crippen LogP contribution in [0.25, 0.3) is 0 Å². The van der Waals surface area contributed by atoms with Crippen molar-refractivity contribution in [2.45, 2.75) is 19.9 Å². The van der Waals surface area contributed by atoms with Gasteiger partial charge in [-0.15, -0.1) is 0 Å². The molecule has 29 heavy (non-hydrogen) atoms. The monoisotopic (exact) mass is 396 g/mol. The number of imide groups is 1. The topological polar surface area (TPSA) is 104 Å². The summed E-state index contributed by atoms with van der Waals surface area (Å²) in [6.45, 7) is 4.57. The molecule has 4 amide bonds. The van der Waals surface area contributed by atoms with Gasteiger partial charge in [-0.3, -0.25) is 24.1 Å². The van der Waals surface area contributed by atoms with Gasteiger partial charge in [0, 0.05) is 32.2 Å². The number of fused-ring (bicyclic) bond motifs is 1. The van der Waals surface area contributed by atoms with Crippen molar-refractivity contribution >= 4 is 23.6 Å². The second-order valence-electron chi connectivity index (χ2n) is 7.14. The quantitative estimate of drug-likeness (QED) is 0.716. The van der Waals surface area contributed by atoms with Gasteiger partial charge in [-0.05, 0) is 26.0 Å². The van der Waals surface area contributed by atoms with Gasteiger partial charge in [0.1, 0.15) is 11.8 Å². The summed E-state index contributed by atoms with van der Waals surface area (Å²) in [6, 6.07) is 7.21. The molecule has 1 aromatic heterocycles. The Labute approximate surface area is 166 Å². The Bertz CT molecular complexity index is 971. The van der Waals surface area contributed by atoms with Crippen LogP contribution in [-0.2, 0) is 4.79 Å². The highest BCUT2D eigenvalue weighted by molar-refractivity contribution is 6.22. The summed E-state index contributed by atoms with van der Waals surface area (Å²) in [5, 5.41) is 3.73. The zero-order valence-corrected chi connectivity index (χ0v) is 16.1. The van der Waals surface area contributed by atoms with E-state index in [-0.39, 0.29) is 17.5 Å². The molecule has 1 atom stereocenters. The van der Waals surface area contributed by atoms with E-state index in [0.29, 0.717) is 43.1 Å². The van der Waals surface area contributed by atoms with E-state index in [1.807, 2.05) is 0 Å². The number of carbonyl (C=O) groups is 4. The second kappa shape index (κ2) is 7.16. The van der Waals surface area contributed by atoms with Gasteiger partial charge in [0.25, 0.3) is 17.7 Å². The number of hydrogen-bond acceptors (Lipinski definition) is 6. The summed E-state index contributed by atoms with van der Waals surface area (Å²) >= 11 is 0. The van der Waals surface area contributed by atoms with E-state index >= 15 is 0 Å². The van der Waals surface area contributed by atoms with Gasteiger partial charge >= 0.3 is 0 Å². The molecule has 0 radical (unpaired) electrons. The maximum Gasteiger partial charge on any atom is 0.276 e. The molecule has 0 N–H and O–H groups in total. The van der Waals surface area contributed by atoms with Crippen LogP contribution in [0.4, 0.5) is 0 Å². The predicted molar refractivity (Wildman–Crippen MR) is 100 cm³/mol. The molecule has 1 unspecified atom stereocenters. The summed E-state index contributed by atoms with van der Waals surface area (Å²) in [5.41, 5.74) is 0.868. The Balaban J connectivity index is 1.40. The Kier molecular flexibility index (Phi) is 4.65. The molecule has 9 heteroatoms. The van der Waals surface area contributed by atoms with E-state index in [9.17, 15) is 19.2 Å². The predicted octanol–water partition coefficient (Wildman–Crippen LogP) is 0.952. The smallest absolute Gasteiger partial charge is 0.276 e. The van der Waals surface area contributed by atoms with Crippen molar-refractivity contribution in [3.8, 4) is 0 Å². The molecule has 3 heterocycles. The summed E-state index contributed by atoms with van der Waals surface area (Å²) in [4.78, 5) is 54.8. The summed E-state index contributed by atoms with van der Waals surface area (Å²) < 4.78 is 4.94. The van der Waals surface area contributed by atoms with Crippen LogP contribution in [0.1, 0.15) is 43.9 Å². The molecule has 2 aromatic rings. The highest BCUT2D eigenvalue weighted by Gasteiger charge is 2.42. The van der Waals surface area contributed by atoms with Crippen LogP contribution in [0.2, 0.25) is 0 Å². The molecule has 1 fully saturated rings. The number of aromatic nitrogens is 1. The Hall–Kier alpha value is -3.49. The molecule has 9 nitrogen and oxygen atoms in total. The summed E-state index contributed by atoms with van der Waals surface area (Å²) in [7, 11) is 0. The molecular formula is C20H20N4O5. The molecule has 4 rings (SSSR count). The third-order valence-corrected chi connectivity index (χ3v) is 5.30. The average molecular weight is 396 g/mol. The number of amides is 4. The van der Waals surface area contributed by atoms with Crippen molar-refractivity contribution in [1.29, 1.82) is 0 Å². The minimum absolute atomic E-state index is 0.238. The third-order valence-electron chi connectivity index (χ3n) is 5.30. The van der Waals surface area contributed by atoms with E-state index in [0.717, 1.165) is 4.90 Å². The van der Waals surface area contributed by atoms with Gasteiger partial charge in [-0.1, -0.05) is 17.3 Å². The molecule has 1 saturated heterocycles. The molecule has 0 bridgehead atoms. The van der Waals surface area contributed by atoms with Crippen LogP contribution in [0, 0.1) is 6.92 Å². The van der Waals surface area contributed by atoms with Gasteiger partial charge in [0.2, 0.25) is 5.91 Å². The van der Waals surface area contributed by atoms with Gasteiger partial charge in [-0.25, -0.2) is 0 Å². The lowest BCUT2D eigenvalue weighted by molar-refractivity contribution is -0.136. The Morgan fingerprint density at radius 1 is 1.00 bits per heavy atom. The zero-order chi connectivity index (χ0) is 20.7. The first-order valence-electron chi connectivity index (χ1n) is 9.37.